The van der Waals surface area contributed by atoms with E-state index in [2.05, 4.69) is 14.9 Å². The molecule has 0 saturated carbocycles. The zero-order chi connectivity index (χ0) is 19.9. The Labute approximate surface area is 159 Å². The molecular weight excluding hydrogens is 368 g/mol. The maximum Gasteiger partial charge on any atom is 0.356 e. The highest BCUT2D eigenvalue weighted by Crippen LogP contribution is 2.50. The van der Waals surface area contributed by atoms with Crippen LogP contribution < -0.4 is 5.43 Å². The van der Waals surface area contributed by atoms with E-state index in [4.69, 9.17) is 4.74 Å². The largest absolute Gasteiger partial charge is 0.461 e. The molecule has 3 rings (SSSR count). The number of sulfonamides is 1. The molecule has 0 radical (unpaired) electrons. The number of carbonyl (C=O) groups is 1. The Hall–Kier alpha value is -2.42. The fourth-order valence-corrected chi connectivity index (χ4v) is 5.48. The lowest BCUT2D eigenvalue weighted by Crippen LogP contribution is -2.64. The lowest BCUT2D eigenvalue weighted by atomic mass is 9.75. The van der Waals surface area contributed by atoms with Crippen LogP contribution in [-0.2, 0) is 25.1 Å². The number of likely N-dealkylation sites (N-methyl/N-ethyl adjacent to an activating group) is 1. The quantitative estimate of drug-likeness (QED) is 0.757. The molecule has 1 N–H and O–H groups in total. The van der Waals surface area contributed by atoms with Gasteiger partial charge in [0.1, 0.15) is 0 Å². The molecule has 9 heteroatoms. The third-order valence-corrected chi connectivity index (χ3v) is 7.24. The zero-order valence-corrected chi connectivity index (χ0v) is 16.7. The number of fused-ring (bicyclic) bond motifs is 1. The Kier molecular flexibility index (Phi) is 4.75. The highest BCUT2D eigenvalue weighted by molar-refractivity contribution is 7.93. The molecule has 1 aromatic rings. The molecule has 146 valence electrons. The van der Waals surface area contributed by atoms with Crippen molar-refractivity contribution in [3.63, 3.8) is 0 Å². The fourth-order valence-electron chi connectivity index (χ4n) is 3.80. The van der Waals surface area contributed by atoms with Crippen molar-refractivity contribution in [3.05, 3.63) is 35.9 Å². The Morgan fingerprint density at radius 2 is 1.81 bits per heavy atom. The van der Waals surface area contributed by atoms with E-state index in [1.807, 2.05) is 49.1 Å². The van der Waals surface area contributed by atoms with E-state index >= 15 is 0 Å². The first-order valence-corrected chi connectivity index (χ1v) is 10.4. The third kappa shape index (κ3) is 2.40. The maximum atomic E-state index is 13.3. The van der Waals surface area contributed by atoms with Crippen molar-refractivity contribution in [1.29, 1.82) is 0 Å². The summed E-state index contributed by atoms with van der Waals surface area (Å²) in [6.07, 6.45) is 0. The van der Waals surface area contributed by atoms with Crippen LogP contribution in [0.4, 0.5) is 0 Å². The molecular formula is C18H24N4O4S. The van der Waals surface area contributed by atoms with Gasteiger partial charge in [-0.3, -0.25) is 5.43 Å². The van der Waals surface area contributed by atoms with Gasteiger partial charge in [-0.05, 0) is 33.3 Å². The molecule has 0 amide bonds. The summed E-state index contributed by atoms with van der Waals surface area (Å²) in [7, 11) is -4.10. The normalized spacial score (nSPS) is 28.0. The van der Waals surface area contributed by atoms with Gasteiger partial charge >= 0.3 is 5.97 Å². The average molecular weight is 392 g/mol. The Bertz CT molecular complexity index is 909. The second kappa shape index (κ2) is 6.63. The summed E-state index contributed by atoms with van der Waals surface area (Å²) in [6.45, 7) is 8.25. The number of ether oxygens (including phenoxy) is 1. The van der Waals surface area contributed by atoms with Gasteiger partial charge < -0.3 is 9.64 Å². The number of benzene rings is 1. The zero-order valence-electron chi connectivity index (χ0n) is 15.9. The first-order valence-electron chi connectivity index (χ1n) is 8.98. The van der Waals surface area contributed by atoms with Crippen LogP contribution in [0.1, 0.15) is 33.3 Å². The minimum atomic E-state index is -4.10. The smallest absolute Gasteiger partial charge is 0.356 e. The summed E-state index contributed by atoms with van der Waals surface area (Å²) in [6, 6.07) is 9.11. The predicted octanol–water partition coefficient (Wildman–Crippen LogP) is 1.25. The van der Waals surface area contributed by atoms with Gasteiger partial charge in [0, 0.05) is 13.1 Å². The molecule has 2 aliphatic heterocycles. The van der Waals surface area contributed by atoms with Crippen LogP contribution in [-0.4, -0.2) is 55.3 Å². The van der Waals surface area contributed by atoms with E-state index < -0.39 is 26.3 Å². The van der Waals surface area contributed by atoms with Crippen molar-refractivity contribution in [2.24, 2.45) is 9.50 Å². The second-order valence-electron chi connectivity index (χ2n) is 6.50. The van der Waals surface area contributed by atoms with Crippen molar-refractivity contribution in [2.45, 2.75) is 38.0 Å². The van der Waals surface area contributed by atoms with Gasteiger partial charge in [0.15, 0.2) is 21.8 Å². The Balaban J connectivity index is 2.30. The number of rotatable bonds is 5. The highest BCUT2D eigenvalue weighted by Gasteiger charge is 2.73. The summed E-state index contributed by atoms with van der Waals surface area (Å²) in [5.41, 5.74) is 2.15. The van der Waals surface area contributed by atoms with Crippen LogP contribution in [0.25, 0.3) is 0 Å². The minimum Gasteiger partial charge on any atom is -0.461 e. The van der Waals surface area contributed by atoms with Crippen LogP contribution in [0.3, 0.4) is 0 Å². The van der Waals surface area contributed by atoms with Gasteiger partial charge in [-0.15, -0.1) is 4.40 Å². The summed E-state index contributed by atoms with van der Waals surface area (Å²) >= 11 is 0. The van der Waals surface area contributed by atoms with Crippen LogP contribution in [0.2, 0.25) is 0 Å². The number of hydrogen-bond donors (Lipinski definition) is 1. The molecule has 2 aliphatic rings. The number of amidine groups is 1. The average Bonchev–Trinajstić information content (AvgIpc) is 3.06. The molecule has 0 unspecified atom stereocenters. The lowest BCUT2D eigenvalue weighted by Gasteiger charge is -2.39. The summed E-state index contributed by atoms with van der Waals surface area (Å²) in [5.74, 6) is -0.422. The van der Waals surface area contributed by atoms with Crippen molar-refractivity contribution in [1.82, 2.24) is 10.3 Å². The molecule has 0 fully saturated rings. The second-order valence-corrected chi connectivity index (χ2v) is 8.45. The molecule has 2 atom stereocenters. The molecule has 0 bridgehead atoms. The lowest BCUT2D eigenvalue weighted by molar-refractivity contribution is -0.135. The minimum absolute atomic E-state index is 0.121. The monoisotopic (exact) mass is 392 g/mol. The number of nitrogens with one attached hydrogen (secondary N) is 1. The molecule has 0 spiro atoms. The molecule has 0 saturated heterocycles. The number of hydrogen-bond acceptors (Lipinski definition) is 7. The molecule has 0 aromatic heterocycles. The van der Waals surface area contributed by atoms with Gasteiger partial charge in [-0.25, -0.2) is 13.2 Å². The van der Waals surface area contributed by atoms with Gasteiger partial charge in [0.25, 0.3) is 10.0 Å². The Morgan fingerprint density at radius 3 is 2.37 bits per heavy atom. The first-order chi connectivity index (χ1) is 12.8. The standard InChI is InChI=1S/C18H24N4O4S/c1-5-22(6-2)16-18(13-11-9-8-10-12-13)17(4,27(24,25)20-16)14(19-21-18)15(23)26-7-3/h8-12,21H,5-7H2,1-4H3/t17-,18-/m0/s1. The molecule has 2 heterocycles. The summed E-state index contributed by atoms with van der Waals surface area (Å²) in [5, 5.41) is 4.16. The fraction of sp³-hybridized carbons (Fsp3) is 0.500. The van der Waals surface area contributed by atoms with Crippen molar-refractivity contribution in [3.8, 4) is 0 Å². The van der Waals surface area contributed by atoms with Gasteiger partial charge in [-0.2, -0.15) is 5.10 Å². The van der Waals surface area contributed by atoms with E-state index in [1.165, 1.54) is 6.92 Å². The summed E-state index contributed by atoms with van der Waals surface area (Å²) in [4.78, 5) is 14.4. The molecule has 0 aliphatic carbocycles. The summed E-state index contributed by atoms with van der Waals surface area (Å²) < 4.78 is 34.0. The van der Waals surface area contributed by atoms with E-state index in [0.717, 1.165) is 0 Å². The number of carbonyl (C=O) groups excluding carboxylic acids is 1. The van der Waals surface area contributed by atoms with E-state index in [-0.39, 0.29) is 12.3 Å². The van der Waals surface area contributed by atoms with Crippen LogP contribution >= 0.6 is 0 Å². The third-order valence-electron chi connectivity index (χ3n) is 5.30. The van der Waals surface area contributed by atoms with Gasteiger partial charge in [0.2, 0.25) is 0 Å². The van der Waals surface area contributed by atoms with Crippen LogP contribution in [0.5, 0.6) is 0 Å². The first kappa shape index (κ1) is 19.3. The highest BCUT2D eigenvalue weighted by atomic mass is 32.2. The van der Waals surface area contributed by atoms with Gasteiger partial charge in [-0.1, -0.05) is 30.3 Å². The number of nitrogens with zero attached hydrogens (tertiary/aromatic N) is 3. The molecule has 8 nitrogen and oxygen atoms in total. The predicted molar refractivity (Wildman–Crippen MR) is 103 cm³/mol. The topological polar surface area (TPSA) is 100 Å². The van der Waals surface area contributed by atoms with Crippen LogP contribution in [0, 0.1) is 0 Å². The molecule has 27 heavy (non-hydrogen) atoms. The van der Waals surface area contributed by atoms with Crippen LogP contribution in [0.15, 0.2) is 39.8 Å². The van der Waals surface area contributed by atoms with E-state index in [1.54, 1.807) is 6.92 Å². The van der Waals surface area contributed by atoms with Crippen molar-refractivity contribution >= 4 is 27.5 Å². The number of esters is 1. The Morgan fingerprint density at radius 1 is 1.19 bits per heavy atom. The number of hydrazone groups is 1. The maximum absolute atomic E-state index is 13.3. The van der Waals surface area contributed by atoms with E-state index in [0.29, 0.717) is 24.5 Å². The SMILES string of the molecule is CCOC(=O)C1=NN[C@@]2(c3ccccc3)C(N(CC)CC)=NS(=O)(=O)[C@@]12C. The van der Waals surface area contributed by atoms with Crippen molar-refractivity contribution < 1.29 is 17.9 Å². The molecule has 1 aromatic carbocycles. The van der Waals surface area contributed by atoms with Crippen molar-refractivity contribution in [2.75, 3.05) is 19.7 Å². The van der Waals surface area contributed by atoms with E-state index in [9.17, 15) is 13.2 Å². The van der Waals surface area contributed by atoms with Gasteiger partial charge in [0.05, 0.1) is 6.61 Å².